The second kappa shape index (κ2) is 4.31. The van der Waals surface area contributed by atoms with Gasteiger partial charge < -0.3 is 10.1 Å². The summed E-state index contributed by atoms with van der Waals surface area (Å²) in [4.78, 5) is 7.05. The lowest BCUT2D eigenvalue weighted by Gasteiger charge is -1.99. The Bertz CT molecular complexity index is 747. The van der Waals surface area contributed by atoms with Gasteiger partial charge in [-0.2, -0.15) is 0 Å². The number of hydrogen-bond acceptors (Lipinski definition) is 2. The minimum Gasteiger partial charge on any atom is -0.507 e. The van der Waals surface area contributed by atoms with E-state index in [1.807, 2.05) is 0 Å². The summed E-state index contributed by atoms with van der Waals surface area (Å²) in [7, 11) is 0. The molecule has 3 nitrogen and oxygen atoms in total. The molecule has 96 valence electrons. The Balaban J connectivity index is 2.17. The van der Waals surface area contributed by atoms with Gasteiger partial charge in [0.2, 0.25) is 0 Å². The summed E-state index contributed by atoms with van der Waals surface area (Å²) in [6, 6.07) is 6.99. The normalized spacial score (nSPS) is 11.1. The SMILES string of the molecule is Oc1cc(-c2nc3cc(F)c(F)cc3[nH]2)ccc1Br. The molecule has 0 fully saturated rings. The molecule has 3 aromatic rings. The van der Waals surface area contributed by atoms with E-state index in [-0.39, 0.29) is 5.75 Å². The number of nitrogens with one attached hydrogen (secondary N) is 1. The average Bonchev–Trinajstić information content (AvgIpc) is 2.76. The van der Waals surface area contributed by atoms with Gasteiger partial charge >= 0.3 is 0 Å². The zero-order valence-corrected chi connectivity index (χ0v) is 11.0. The van der Waals surface area contributed by atoms with Gasteiger partial charge in [0, 0.05) is 17.7 Å². The molecule has 0 atom stereocenters. The second-order valence-corrected chi connectivity index (χ2v) is 4.89. The third-order valence-electron chi connectivity index (χ3n) is 2.74. The highest BCUT2D eigenvalue weighted by atomic mass is 79.9. The van der Waals surface area contributed by atoms with Gasteiger partial charge in [-0.3, -0.25) is 0 Å². The molecule has 0 amide bonds. The number of phenolic OH excluding ortho intramolecular Hbond substituents is 1. The molecule has 2 N–H and O–H groups in total. The van der Waals surface area contributed by atoms with Gasteiger partial charge in [-0.25, -0.2) is 13.8 Å². The molecule has 6 heteroatoms. The highest BCUT2D eigenvalue weighted by Crippen LogP contribution is 2.29. The van der Waals surface area contributed by atoms with Crippen molar-refractivity contribution < 1.29 is 13.9 Å². The van der Waals surface area contributed by atoms with Gasteiger partial charge in [0.25, 0.3) is 0 Å². The number of aromatic hydroxyl groups is 1. The molecular formula is C13H7BrF2N2O. The summed E-state index contributed by atoms with van der Waals surface area (Å²) >= 11 is 3.18. The van der Waals surface area contributed by atoms with Crippen LogP contribution in [0.1, 0.15) is 0 Å². The molecule has 1 aromatic heterocycles. The Morgan fingerprint density at radius 2 is 1.84 bits per heavy atom. The van der Waals surface area contributed by atoms with Gasteiger partial charge in [-0.15, -0.1) is 0 Å². The van der Waals surface area contributed by atoms with Crippen LogP contribution >= 0.6 is 15.9 Å². The number of aromatic nitrogens is 2. The summed E-state index contributed by atoms with van der Waals surface area (Å²) in [6.45, 7) is 0. The fourth-order valence-corrected chi connectivity index (χ4v) is 2.05. The highest BCUT2D eigenvalue weighted by Gasteiger charge is 2.10. The molecule has 1 heterocycles. The molecule has 19 heavy (non-hydrogen) atoms. The number of H-pyrrole nitrogens is 1. The zero-order valence-electron chi connectivity index (χ0n) is 9.42. The van der Waals surface area contributed by atoms with Crippen LogP contribution in [-0.4, -0.2) is 15.1 Å². The number of halogens is 3. The lowest BCUT2D eigenvalue weighted by atomic mass is 10.2. The molecule has 0 radical (unpaired) electrons. The van der Waals surface area contributed by atoms with E-state index in [9.17, 15) is 13.9 Å². The summed E-state index contributed by atoms with van der Waals surface area (Å²) < 4.78 is 26.8. The van der Waals surface area contributed by atoms with Crippen molar-refractivity contribution in [3.63, 3.8) is 0 Å². The van der Waals surface area contributed by atoms with Crippen LogP contribution in [0, 0.1) is 11.6 Å². The van der Waals surface area contributed by atoms with E-state index in [4.69, 9.17) is 0 Å². The zero-order chi connectivity index (χ0) is 13.6. The molecule has 0 bridgehead atoms. The van der Waals surface area contributed by atoms with E-state index in [0.717, 1.165) is 12.1 Å². The Morgan fingerprint density at radius 1 is 1.11 bits per heavy atom. The molecule has 0 spiro atoms. The summed E-state index contributed by atoms with van der Waals surface area (Å²) in [5.74, 6) is -1.37. The van der Waals surface area contributed by atoms with Gasteiger partial charge in [0.05, 0.1) is 15.5 Å². The topological polar surface area (TPSA) is 48.9 Å². The lowest BCUT2D eigenvalue weighted by Crippen LogP contribution is -1.82. The average molecular weight is 325 g/mol. The fourth-order valence-electron chi connectivity index (χ4n) is 1.80. The predicted molar refractivity (Wildman–Crippen MR) is 70.8 cm³/mol. The van der Waals surface area contributed by atoms with Gasteiger partial charge in [-0.05, 0) is 34.1 Å². The van der Waals surface area contributed by atoms with E-state index in [1.54, 1.807) is 12.1 Å². The van der Waals surface area contributed by atoms with Crippen molar-refractivity contribution in [3.8, 4) is 17.1 Å². The van der Waals surface area contributed by atoms with Crippen molar-refractivity contribution in [2.45, 2.75) is 0 Å². The van der Waals surface area contributed by atoms with Crippen LogP contribution in [0.4, 0.5) is 8.78 Å². The number of nitrogens with zero attached hydrogens (tertiary/aromatic N) is 1. The van der Waals surface area contributed by atoms with Gasteiger partial charge in [-0.1, -0.05) is 0 Å². The number of hydrogen-bond donors (Lipinski definition) is 2. The number of fused-ring (bicyclic) bond motifs is 1. The van der Waals surface area contributed by atoms with E-state index in [2.05, 4.69) is 25.9 Å². The molecule has 0 aliphatic heterocycles. The maximum absolute atomic E-state index is 13.1. The van der Waals surface area contributed by atoms with Crippen LogP contribution in [0.3, 0.4) is 0 Å². The second-order valence-electron chi connectivity index (χ2n) is 4.04. The van der Waals surface area contributed by atoms with Crippen molar-refractivity contribution in [2.24, 2.45) is 0 Å². The van der Waals surface area contributed by atoms with Crippen molar-refractivity contribution in [3.05, 3.63) is 46.4 Å². The molecular weight excluding hydrogens is 318 g/mol. The minimum absolute atomic E-state index is 0.0651. The van der Waals surface area contributed by atoms with Crippen LogP contribution in [0.5, 0.6) is 5.75 Å². The minimum atomic E-state index is -0.941. The van der Waals surface area contributed by atoms with E-state index in [0.29, 0.717) is 26.9 Å². The van der Waals surface area contributed by atoms with E-state index in [1.165, 1.54) is 6.07 Å². The molecule has 2 aromatic carbocycles. The highest BCUT2D eigenvalue weighted by molar-refractivity contribution is 9.10. The molecule has 0 unspecified atom stereocenters. The Morgan fingerprint density at radius 3 is 2.58 bits per heavy atom. The number of aromatic amines is 1. The molecule has 0 aliphatic carbocycles. The predicted octanol–water partition coefficient (Wildman–Crippen LogP) is 3.98. The van der Waals surface area contributed by atoms with Crippen molar-refractivity contribution in [2.75, 3.05) is 0 Å². The summed E-state index contributed by atoms with van der Waals surface area (Å²) in [6.07, 6.45) is 0. The monoisotopic (exact) mass is 324 g/mol. The summed E-state index contributed by atoms with van der Waals surface area (Å²) in [5.41, 5.74) is 1.35. The standard InChI is InChI=1S/C13H7BrF2N2O/c14-7-2-1-6(3-12(7)19)13-17-10-4-8(15)9(16)5-11(10)18-13/h1-5,19H,(H,17,18). The Hall–Kier alpha value is -1.95. The maximum Gasteiger partial charge on any atom is 0.161 e. The fraction of sp³-hybridized carbons (Fsp3) is 0. The largest absolute Gasteiger partial charge is 0.507 e. The number of imidazole rings is 1. The van der Waals surface area contributed by atoms with Crippen molar-refractivity contribution >= 4 is 27.0 Å². The smallest absolute Gasteiger partial charge is 0.161 e. The van der Waals surface area contributed by atoms with Gasteiger partial charge in [0.15, 0.2) is 11.6 Å². The van der Waals surface area contributed by atoms with Crippen molar-refractivity contribution in [1.82, 2.24) is 9.97 Å². The number of benzene rings is 2. The van der Waals surface area contributed by atoms with E-state index >= 15 is 0 Å². The number of phenols is 1. The van der Waals surface area contributed by atoms with Crippen LogP contribution in [0.2, 0.25) is 0 Å². The Labute approximate surface area is 115 Å². The third kappa shape index (κ3) is 2.08. The van der Waals surface area contributed by atoms with Crippen LogP contribution < -0.4 is 0 Å². The lowest BCUT2D eigenvalue weighted by molar-refractivity contribution is 0.472. The first-order valence-electron chi connectivity index (χ1n) is 5.38. The van der Waals surface area contributed by atoms with Crippen molar-refractivity contribution in [1.29, 1.82) is 0 Å². The third-order valence-corrected chi connectivity index (χ3v) is 3.41. The van der Waals surface area contributed by atoms with Crippen LogP contribution in [0.15, 0.2) is 34.8 Å². The first kappa shape index (κ1) is 12.1. The molecule has 3 rings (SSSR count). The first-order chi connectivity index (χ1) is 9.04. The first-order valence-corrected chi connectivity index (χ1v) is 6.17. The molecule has 0 saturated heterocycles. The Kier molecular flexibility index (Phi) is 2.74. The maximum atomic E-state index is 13.1. The van der Waals surface area contributed by atoms with E-state index < -0.39 is 11.6 Å². The van der Waals surface area contributed by atoms with Crippen LogP contribution in [-0.2, 0) is 0 Å². The molecule has 0 aliphatic rings. The molecule has 0 saturated carbocycles. The summed E-state index contributed by atoms with van der Waals surface area (Å²) in [5, 5.41) is 9.62. The number of rotatable bonds is 1. The quantitative estimate of drug-likeness (QED) is 0.711. The van der Waals surface area contributed by atoms with Gasteiger partial charge in [0.1, 0.15) is 11.6 Å². The van der Waals surface area contributed by atoms with Crippen LogP contribution in [0.25, 0.3) is 22.4 Å².